The van der Waals surface area contributed by atoms with Crippen molar-refractivity contribution in [1.82, 2.24) is 29.3 Å². The third-order valence-electron chi connectivity index (χ3n) is 6.99. The smallest absolute Gasteiger partial charge is 0.333 e. The van der Waals surface area contributed by atoms with E-state index >= 15 is 0 Å². The van der Waals surface area contributed by atoms with Gasteiger partial charge in [0.05, 0.1) is 43.0 Å². The normalized spacial score (nSPS) is 22.3. The summed E-state index contributed by atoms with van der Waals surface area (Å²) in [5.74, 6) is 1.29. The van der Waals surface area contributed by atoms with E-state index in [4.69, 9.17) is 9.47 Å². The van der Waals surface area contributed by atoms with Crippen molar-refractivity contribution >= 4 is 17.0 Å². The van der Waals surface area contributed by atoms with Crippen LogP contribution in [0.15, 0.2) is 49.1 Å². The number of alkyl halides is 2. The summed E-state index contributed by atoms with van der Waals surface area (Å²) in [7, 11) is 2.17. The SMILES string of the molecule is Cc1cc(-c2ccn3nc(Nc4cnn(C(F)F)c4)cc3c2)c(O[C@H]2C[C@H]3COC[C@@H](C2)N3C)cn1. The predicted molar refractivity (Wildman–Crippen MR) is 130 cm³/mol. The Balaban J connectivity index is 1.26. The molecule has 0 spiro atoms. The van der Waals surface area contributed by atoms with Crippen molar-refractivity contribution in [3.63, 3.8) is 0 Å². The molecule has 9 nitrogen and oxygen atoms in total. The first-order chi connectivity index (χ1) is 17.4. The Bertz CT molecular complexity index is 1370. The molecule has 3 atom stereocenters. The highest BCUT2D eigenvalue weighted by molar-refractivity contribution is 5.75. The summed E-state index contributed by atoms with van der Waals surface area (Å²) in [5, 5.41) is 11.2. The average molecular weight is 496 g/mol. The van der Waals surface area contributed by atoms with Crippen LogP contribution in [0.1, 0.15) is 25.1 Å². The third kappa shape index (κ3) is 4.40. The minimum atomic E-state index is -2.69. The summed E-state index contributed by atoms with van der Waals surface area (Å²) >= 11 is 0. The number of morpholine rings is 1. The fraction of sp³-hybridized carbons (Fsp3) is 0.400. The van der Waals surface area contributed by atoms with Crippen molar-refractivity contribution in [2.45, 2.75) is 44.5 Å². The fourth-order valence-electron chi connectivity index (χ4n) is 5.07. The number of hydrogen-bond donors (Lipinski definition) is 1. The highest BCUT2D eigenvalue weighted by Gasteiger charge is 2.38. The molecule has 188 valence electrons. The van der Waals surface area contributed by atoms with E-state index in [1.54, 1.807) is 4.52 Å². The van der Waals surface area contributed by atoms with Gasteiger partial charge in [0.15, 0.2) is 5.82 Å². The first kappa shape index (κ1) is 22.9. The molecule has 0 saturated carbocycles. The lowest BCUT2D eigenvalue weighted by molar-refractivity contribution is -0.0879. The number of fused-ring (bicyclic) bond motifs is 3. The van der Waals surface area contributed by atoms with E-state index in [1.807, 2.05) is 43.6 Å². The number of aromatic nitrogens is 5. The Kier molecular flexibility index (Phi) is 5.81. The van der Waals surface area contributed by atoms with Gasteiger partial charge in [-0.3, -0.25) is 9.88 Å². The van der Waals surface area contributed by atoms with Crippen LogP contribution in [0.2, 0.25) is 0 Å². The number of rotatable bonds is 6. The summed E-state index contributed by atoms with van der Waals surface area (Å²) in [6.45, 7) is 0.752. The number of pyridine rings is 2. The topological polar surface area (TPSA) is 81.7 Å². The zero-order chi connectivity index (χ0) is 24.8. The molecular weight excluding hydrogens is 468 g/mol. The van der Waals surface area contributed by atoms with Crippen LogP contribution in [-0.2, 0) is 4.74 Å². The van der Waals surface area contributed by atoms with Crippen molar-refractivity contribution in [2.24, 2.45) is 0 Å². The molecule has 4 aromatic heterocycles. The van der Waals surface area contributed by atoms with E-state index in [1.165, 1.54) is 12.4 Å². The lowest BCUT2D eigenvalue weighted by Crippen LogP contribution is -2.57. The Morgan fingerprint density at radius 1 is 1.14 bits per heavy atom. The van der Waals surface area contributed by atoms with Gasteiger partial charge in [0.25, 0.3) is 0 Å². The van der Waals surface area contributed by atoms with E-state index in [2.05, 4.69) is 32.4 Å². The average Bonchev–Trinajstić information content (AvgIpc) is 3.47. The van der Waals surface area contributed by atoms with Crippen LogP contribution in [0.4, 0.5) is 20.3 Å². The second-order valence-electron chi connectivity index (χ2n) is 9.47. The van der Waals surface area contributed by atoms with Crippen molar-refractivity contribution in [3.8, 4) is 16.9 Å². The summed E-state index contributed by atoms with van der Waals surface area (Å²) in [4.78, 5) is 6.91. The second kappa shape index (κ2) is 9.14. The van der Waals surface area contributed by atoms with Gasteiger partial charge in [-0.1, -0.05) is 0 Å². The van der Waals surface area contributed by atoms with Crippen LogP contribution in [0, 0.1) is 6.92 Å². The van der Waals surface area contributed by atoms with Gasteiger partial charge in [-0.2, -0.15) is 19.0 Å². The number of piperidine rings is 1. The predicted octanol–water partition coefficient (Wildman–Crippen LogP) is 4.28. The standard InChI is InChI=1S/C25H27F2N7O2/c1-15-5-22(23(11-28-15)36-21-7-19-13-35-14-20(8-21)32(19)2)16-3-4-33-18(6-16)9-24(31-33)30-17-10-29-34(12-17)25(26)27/h3-6,9-12,19-21,25H,7-8,13-14H2,1-2H3,(H,30,31)/t19-,20+,21-. The highest BCUT2D eigenvalue weighted by atomic mass is 19.3. The van der Waals surface area contributed by atoms with E-state index < -0.39 is 6.55 Å². The van der Waals surface area contributed by atoms with Crippen LogP contribution >= 0.6 is 0 Å². The maximum atomic E-state index is 12.8. The van der Waals surface area contributed by atoms with E-state index in [0.29, 0.717) is 28.3 Å². The van der Waals surface area contributed by atoms with Crippen molar-refractivity contribution < 1.29 is 18.3 Å². The first-order valence-corrected chi connectivity index (χ1v) is 11.9. The number of anilines is 2. The lowest BCUT2D eigenvalue weighted by Gasteiger charge is -2.46. The third-order valence-corrected chi connectivity index (χ3v) is 6.99. The molecule has 2 fully saturated rings. The van der Waals surface area contributed by atoms with Crippen LogP contribution in [-0.4, -0.2) is 67.7 Å². The molecule has 36 heavy (non-hydrogen) atoms. The molecule has 2 saturated heterocycles. The summed E-state index contributed by atoms with van der Waals surface area (Å²) in [6, 6.07) is 8.64. The van der Waals surface area contributed by atoms with E-state index in [9.17, 15) is 8.78 Å². The Morgan fingerprint density at radius 2 is 1.94 bits per heavy atom. The molecule has 6 rings (SSSR count). The molecule has 4 aromatic rings. The maximum Gasteiger partial charge on any atom is 0.333 e. The lowest BCUT2D eigenvalue weighted by atomic mass is 9.92. The summed E-state index contributed by atoms with van der Waals surface area (Å²) in [6.07, 6.45) is 8.20. The number of nitrogens with one attached hydrogen (secondary N) is 1. The highest BCUT2D eigenvalue weighted by Crippen LogP contribution is 2.35. The molecule has 0 aliphatic carbocycles. The van der Waals surface area contributed by atoms with Crippen molar-refractivity contribution in [1.29, 1.82) is 0 Å². The zero-order valence-electron chi connectivity index (χ0n) is 20.0. The Labute approximate surface area is 206 Å². The molecule has 2 aliphatic heterocycles. The molecular formula is C25H27F2N7O2. The number of halogens is 2. The molecule has 1 N–H and O–H groups in total. The zero-order valence-corrected chi connectivity index (χ0v) is 20.0. The largest absolute Gasteiger partial charge is 0.488 e. The molecule has 6 heterocycles. The Hall–Kier alpha value is -3.57. The summed E-state index contributed by atoms with van der Waals surface area (Å²) < 4.78 is 40.2. The molecule has 2 aliphatic rings. The van der Waals surface area contributed by atoms with Gasteiger partial charge in [-0.15, -0.1) is 0 Å². The molecule has 0 unspecified atom stereocenters. The molecule has 0 amide bonds. The fourth-order valence-corrected chi connectivity index (χ4v) is 5.07. The van der Waals surface area contributed by atoms with Crippen LogP contribution in [0.5, 0.6) is 5.75 Å². The van der Waals surface area contributed by atoms with Crippen LogP contribution in [0.3, 0.4) is 0 Å². The number of likely N-dealkylation sites (N-methyl/N-ethyl adjacent to an activating group) is 1. The number of hydrogen-bond acceptors (Lipinski definition) is 7. The van der Waals surface area contributed by atoms with E-state index in [0.717, 1.165) is 54.1 Å². The van der Waals surface area contributed by atoms with Crippen molar-refractivity contribution in [2.75, 3.05) is 25.6 Å². The number of nitrogens with zero attached hydrogens (tertiary/aromatic N) is 6. The summed E-state index contributed by atoms with van der Waals surface area (Å²) in [5.41, 5.74) is 4.14. The van der Waals surface area contributed by atoms with Gasteiger partial charge < -0.3 is 14.8 Å². The van der Waals surface area contributed by atoms with Gasteiger partial charge in [-0.05, 0) is 37.7 Å². The second-order valence-corrected chi connectivity index (χ2v) is 9.47. The minimum absolute atomic E-state index is 0.104. The molecule has 0 aromatic carbocycles. The van der Waals surface area contributed by atoms with Gasteiger partial charge in [0, 0.05) is 48.4 Å². The molecule has 2 bridgehead atoms. The molecule has 11 heteroatoms. The van der Waals surface area contributed by atoms with E-state index in [-0.39, 0.29) is 6.10 Å². The monoisotopic (exact) mass is 495 g/mol. The van der Waals surface area contributed by atoms with Gasteiger partial charge >= 0.3 is 6.55 Å². The van der Waals surface area contributed by atoms with Gasteiger partial charge in [0.1, 0.15) is 11.9 Å². The van der Waals surface area contributed by atoms with Crippen molar-refractivity contribution in [3.05, 3.63) is 54.7 Å². The first-order valence-electron chi connectivity index (χ1n) is 11.9. The van der Waals surface area contributed by atoms with Crippen LogP contribution in [0.25, 0.3) is 16.6 Å². The number of ether oxygens (including phenoxy) is 2. The Morgan fingerprint density at radius 3 is 2.69 bits per heavy atom. The van der Waals surface area contributed by atoms with Crippen LogP contribution < -0.4 is 10.1 Å². The molecule has 0 radical (unpaired) electrons. The quantitative estimate of drug-likeness (QED) is 0.428. The maximum absolute atomic E-state index is 12.8. The van der Waals surface area contributed by atoms with Gasteiger partial charge in [0.2, 0.25) is 0 Å². The number of aryl methyl sites for hydroxylation is 1. The van der Waals surface area contributed by atoms with Gasteiger partial charge in [-0.25, -0.2) is 9.20 Å². The minimum Gasteiger partial charge on any atom is -0.488 e.